The Bertz CT molecular complexity index is 285. The summed E-state index contributed by atoms with van der Waals surface area (Å²) in [7, 11) is 0. The highest BCUT2D eigenvalue weighted by Gasteiger charge is 2.23. The summed E-state index contributed by atoms with van der Waals surface area (Å²) in [6, 6.07) is 3.73. The number of rotatable bonds is 6. The van der Waals surface area contributed by atoms with Crippen LogP contribution in [0.1, 0.15) is 32.3 Å². The molecular weight excluding hydrogens is 202 g/mol. The molecule has 2 unspecified atom stereocenters. The molecule has 1 aromatic rings. The second-order valence-corrected chi connectivity index (χ2v) is 4.19. The zero-order chi connectivity index (χ0) is 12.0. The highest BCUT2D eigenvalue weighted by Crippen LogP contribution is 2.18. The summed E-state index contributed by atoms with van der Waals surface area (Å²) >= 11 is 0. The first-order valence-corrected chi connectivity index (χ1v) is 5.94. The van der Waals surface area contributed by atoms with Gasteiger partial charge in [0.15, 0.2) is 0 Å². The number of aliphatic hydroxyl groups is 2. The molecule has 2 atom stereocenters. The van der Waals surface area contributed by atoms with E-state index in [0.717, 1.165) is 18.4 Å². The van der Waals surface area contributed by atoms with Crippen LogP contribution in [-0.2, 0) is 6.42 Å². The van der Waals surface area contributed by atoms with Crippen LogP contribution in [0.15, 0.2) is 24.5 Å². The second-order valence-electron chi connectivity index (χ2n) is 4.19. The van der Waals surface area contributed by atoms with Crippen LogP contribution in [0.2, 0.25) is 0 Å². The monoisotopic (exact) mass is 223 g/mol. The summed E-state index contributed by atoms with van der Waals surface area (Å²) in [5, 5.41) is 19.9. The van der Waals surface area contributed by atoms with Crippen LogP contribution in [0.4, 0.5) is 0 Å². The van der Waals surface area contributed by atoms with Crippen molar-refractivity contribution in [1.29, 1.82) is 0 Å². The molecule has 0 saturated carbocycles. The van der Waals surface area contributed by atoms with Crippen LogP contribution < -0.4 is 0 Å². The van der Waals surface area contributed by atoms with Gasteiger partial charge in [0.1, 0.15) is 0 Å². The topological polar surface area (TPSA) is 53.4 Å². The van der Waals surface area contributed by atoms with Crippen LogP contribution in [-0.4, -0.2) is 27.4 Å². The third kappa shape index (κ3) is 3.58. The molecule has 1 aromatic heterocycles. The molecule has 0 aliphatic rings. The van der Waals surface area contributed by atoms with E-state index in [9.17, 15) is 10.2 Å². The third-order valence-electron chi connectivity index (χ3n) is 3.12. The zero-order valence-electron chi connectivity index (χ0n) is 10.0. The fourth-order valence-electron chi connectivity index (χ4n) is 1.97. The van der Waals surface area contributed by atoms with E-state index in [-0.39, 0.29) is 5.92 Å². The number of nitrogens with zero attached hydrogens (tertiary/aromatic N) is 1. The number of pyridine rings is 1. The molecule has 90 valence electrons. The first-order chi connectivity index (χ1) is 7.69. The first kappa shape index (κ1) is 13.1. The summed E-state index contributed by atoms with van der Waals surface area (Å²) in [6.07, 6.45) is 4.35. The number of aliphatic hydroxyl groups excluding tert-OH is 2. The van der Waals surface area contributed by atoms with Gasteiger partial charge < -0.3 is 10.2 Å². The van der Waals surface area contributed by atoms with E-state index in [1.165, 1.54) is 0 Å². The molecule has 1 heterocycles. The Hall–Kier alpha value is -0.930. The summed E-state index contributed by atoms with van der Waals surface area (Å²) < 4.78 is 0. The minimum atomic E-state index is -0.688. The van der Waals surface area contributed by atoms with E-state index in [1.807, 2.05) is 26.0 Å². The maximum absolute atomic E-state index is 9.97. The van der Waals surface area contributed by atoms with E-state index in [0.29, 0.717) is 6.42 Å². The molecular formula is C13H21NO2. The van der Waals surface area contributed by atoms with Gasteiger partial charge in [-0.1, -0.05) is 26.7 Å². The fourth-order valence-corrected chi connectivity index (χ4v) is 1.97. The number of hydrogen-bond acceptors (Lipinski definition) is 3. The Morgan fingerprint density at radius 1 is 1.12 bits per heavy atom. The van der Waals surface area contributed by atoms with Crippen LogP contribution >= 0.6 is 0 Å². The standard InChI is InChI=1S/C13H21NO2/c1-3-11(4-2)13(16)12(15)9-10-5-7-14-8-6-10/h5-8,11-13,15-16H,3-4,9H2,1-2H3. The van der Waals surface area contributed by atoms with Gasteiger partial charge in [0.25, 0.3) is 0 Å². The lowest BCUT2D eigenvalue weighted by atomic mass is 9.90. The van der Waals surface area contributed by atoms with Crippen molar-refractivity contribution in [2.24, 2.45) is 5.92 Å². The lowest BCUT2D eigenvalue weighted by molar-refractivity contribution is -0.0187. The molecule has 0 spiro atoms. The molecule has 0 amide bonds. The first-order valence-electron chi connectivity index (χ1n) is 5.94. The van der Waals surface area contributed by atoms with Gasteiger partial charge in [-0.3, -0.25) is 4.98 Å². The van der Waals surface area contributed by atoms with Crippen molar-refractivity contribution in [2.75, 3.05) is 0 Å². The minimum absolute atomic E-state index is 0.178. The van der Waals surface area contributed by atoms with Crippen molar-refractivity contribution in [3.63, 3.8) is 0 Å². The molecule has 3 nitrogen and oxygen atoms in total. The normalized spacial score (nSPS) is 15.1. The van der Waals surface area contributed by atoms with Gasteiger partial charge in [0, 0.05) is 18.8 Å². The molecule has 0 fully saturated rings. The van der Waals surface area contributed by atoms with Gasteiger partial charge in [-0.15, -0.1) is 0 Å². The Kier molecular flexibility index (Phi) is 5.43. The highest BCUT2D eigenvalue weighted by molar-refractivity contribution is 5.11. The van der Waals surface area contributed by atoms with E-state index in [4.69, 9.17) is 0 Å². The Morgan fingerprint density at radius 2 is 1.69 bits per heavy atom. The van der Waals surface area contributed by atoms with E-state index < -0.39 is 12.2 Å². The van der Waals surface area contributed by atoms with Gasteiger partial charge in [-0.25, -0.2) is 0 Å². The Balaban J connectivity index is 2.54. The SMILES string of the molecule is CCC(CC)C(O)C(O)Cc1ccncc1. The van der Waals surface area contributed by atoms with Gasteiger partial charge in [0.05, 0.1) is 12.2 Å². The van der Waals surface area contributed by atoms with Gasteiger partial charge in [-0.05, 0) is 23.6 Å². The average Bonchev–Trinajstić information content (AvgIpc) is 2.31. The molecule has 0 bridgehead atoms. The molecule has 0 aliphatic carbocycles. The molecule has 0 saturated heterocycles. The van der Waals surface area contributed by atoms with Crippen molar-refractivity contribution in [2.45, 2.75) is 45.3 Å². The molecule has 2 N–H and O–H groups in total. The van der Waals surface area contributed by atoms with Crippen molar-refractivity contribution < 1.29 is 10.2 Å². The summed E-state index contributed by atoms with van der Waals surface area (Å²) in [6.45, 7) is 4.08. The largest absolute Gasteiger partial charge is 0.390 e. The van der Waals surface area contributed by atoms with Gasteiger partial charge >= 0.3 is 0 Å². The van der Waals surface area contributed by atoms with Crippen LogP contribution in [0.5, 0.6) is 0 Å². The number of aromatic nitrogens is 1. The molecule has 0 aliphatic heterocycles. The summed E-state index contributed by atoms with van der Waals surface area (Å²) in [5.41, 5.74) is 1.01. The van der Waals surface area contributed by atoms with E-state index >= 15 is 0 Å². The summed E-state index contributed by atoms with van der Waals surface area (Å²) in [4.78, 5) is 3.92. The summed E-state index contributed by atoms with van der Waals surface area (Å²) in [5.74, 6) is 0.178. The Morgan fingerprint density at radius 3 is 2.19 bits per heavy atom. The predicted octanol–water partition coefficient (Wildman–Crippen LogP) is 1.78. The third-order valence-corrected chi connectivity index (χ3v) is 3.12. The number of hydrogen-bond donors (Lipinski definition) is 2. The molecule has 0 aromatic carbocycles. The molecule has 0 radical (unpaired) electrons. The molecule has 1 rings (SSSR count). The van der Waals surface area contributed by atoms with Crippen LogP contribution in [0.3, 0.4) is 0 Å². The van der Waals surface area contributed by atoms with Crippen molar-refractivity contribution >= 4 is 0 Å². The van der Waals surface area contributed by atoms with Crippen molar-refractivity contribution in [1.82, 2.24) is 4.98 Å². The second kappa shape index (κ2) is 6.61. The highest BCUT2D eigenvalue weighted by atomic mass is 16.3. The predicted molar refractivity (Wildman–Crippen MR) is 64.0 cm³/mol. The molecule has 16 heavy (non-hydrogen) atoms. The van der Waals surface area contributed by atoms with Crippen LogP contribution in [0.25, 0.3) is 0 Å². The molecule has 3 heteroatoms. The van der Waals surface area contributed by atoms with E-state index in [2.05, 4.69) is 4.98 Å². The minimum Gasteiger partial charge on any atom is -0.390 e. The van der Waals surface area contributed by atoms with E-state index in [1.54, 1.807) is 12.4 Å². The van der Waals surface area contributed by atoms with Gasteiger partial charge in [-0.2, -0.15) is 0 Å². The lowest BCUT2D eigenvalue weighted by Gasteiger charge is -2.25. The maximum atomic E-state index is 9.97. The fraction of sp³-hybridized carbons (Fsp3) is 0.615. The van der Waals surface area contributed by atoms with Crippen LogP contribution in [0, 0.1) is 5.92 Å². The average molecular weight is 223 g/mol. The Labute approximate surface area is 97.2 Å². The van der Waals surface area contributed by atoms with Crippen molar-refractivity contribution in [3.05, 3.63) is 30.1 Å². The van der Waals surface area contributed by atoms with Gasteiger partial charge in [0.2, 0.25) is 0 Å². The zero-order valence-corrected chi connectivity index (χ0v) is 10.0. The van der Waals surface area contributed by atoms with Crippen molar-refractivity contribution in [3.8, 4) is 0 Å². The smallest absolute Gasteiger partial charge is 0.0842 e. The quantitative estimate of drug-likeness (QED) is 0.773. The lowest BCUT2D eigenvalue weighted by Crippen LogP contribution is -2.34. The maximum Gasteiger partial charge on any atom is 0.0842 e.